The molecule has 0 aliphatic rings. The van der Waals surface area contributed by atoms with Crippen molar-refractivity contribution in [1.29, 1.82) is 0 Å². The summed E-state index contributed by atoms with van der Waals surface area (Å²) in [4.78, 5) is 17.1. The molecule has 0 unspecified atom stereocenters. The smallest absolute Gasteiger partial charge is 0.239 e. The predicted molar refractivity (Wildman–Crippen MR) is 86.4 cm³/mol. The Morgan fingerprint density at radius 1 is 1.30 bits per heavy atom. The first-order valence-electron chi connectivity index (χ1n) is 6.92. The number of hydrogen-bond acceptors (Lipinski definition) is 5. The number of aromatic amines is 1. The fourth-order valence-corrected chi connectivity index (χ4v) is 2.57. The van der Waals surface area contributed by atoms with E-state index in [2.05, 4.69) is 25.8 Å². The average molecular weight is 331 g/mol. The second-order valence-electron chi connectivity index (χ2n) is 4.72. The Morgan fingerprint density at radius 3 is 3.00 bits per heavy atom. The summed E-state index contributed by atoms with van der Waals surface area (Å²) in [6, 6.07) is 9.81. The van der Waals surface area contributed by atoms with Gasteiger partial charge in [-0.05, 0) is 29.6 Å². The molecule has 0 saturated carbocycles. The van der Waals surface area contributed by atoms with Crippen LogP contribution in [0.15, 0.2) is 41.8 Å². The van der Waals surface area contributed by atoms with Crippen LogP contribution in [0.3, 0.4) is 0 Å². The lowest BCUT2D eigenvalue weighted by atomic mass is 10.3. The lowest BCUT2D eigenvalue weighted by Gasteiger charge is -2.06. The zero-order valence-electron chi connectivity index (χ0n) is 12.0. The Hall–Kier alpha value is -2.74. The molecule has 0 fully saturated rings. The van der Waals surface area contributed by atoms with Crippen molar-refractivity contribution in [3.8, 4) is 10.7 Å². The number of rotatable bonds is 6. The molecule has 0 radical (unpaired) electrons. The van der Waals surface area contributed by atoms with Gasteiger partial charge in [0, 0.05) is 5.69 Å². The molecule has 0 saturated heterocycles. The lowest BCUT2D eigenvalue weighted by Crippen LogP contribution is -2.29. The number of carbonyl (C=O) groups is 1. The van der Waals surface area contributed by atoms with Crippen molar-refractivity contribution in [2.45, 2.75) is 6.54 Å². The van der Waals surface area contributed by atoms with E-state index in [-0.39, 0.29) is 24.8 Å². The summed E-state index contributed by atoms with van der Waals surface area (Å²) in [5, 5.41) is 14.4. The van der Waals surface area contributed by atoms with Crippen LogP contribution in [0.2, 0.25) is 0 Å². The fraction of sp³-hybridized carbons (Fsp3) is 0.133. The van der Waals surface area contributed by atoms with Crippen LogP contribution in [0.1, 0.15) is 5.82 Å². The average Bonchev–Trinajstić information content (AvgIpc) is 3.22. The molecule has 0 aliphatic carbocycles. The number of nitrogens with one attached hydrogen (secondary N) is 3. The van der Waals surface area contributed by atoms with Gasteiger partial charge in [0.15, 0.2) is 5.82 Å². The van der Waals surface area contributed by atoms with E-state index in [1.807, 2.05) is 17.5 Å². The van der Waals surface area contributed by atoms with Crippen LogP contribution in [-0.4, -0.2) is 27.6 Å². The minimum absolute atomic E-state index is 0.0510. The van der Waals surface area contributed by atoms with E-state index in [9.17, 15) is 9.18 Å². The predicted octanol–water partition coefficient (Wildman–Crippen LogP) is 2.40. The molecule has 6 nitrogen and oxygen atoms in total. The zero-order chi connectivity index (χ0) is 16.1. The molecule has 3 N–H and O–H groups in total. The highest BCUT2D eigenvalue weighted by Gasteiger charge is 2.08. The number of anilines is 1. The summed E-state index contributed by atoms with van der Waals surface area (Å²) < 4.78 is 13.0. The molecule has 0 bridgehead atoms. The number of benzene rings is 1. The van der Waals surface area contributed by atoms with Gasteiger partial charge >= 0.3 is 0 Å². The summed E-state index contributed by atoms with van der Waals surface area (Å²) in [5.41, 5.74) is 0.555. The molecule has 1 aromatic carbocycles. The fourth-order valence-electron chi connectivity index (χ4n) is 1.92. The lowest BCUT2D eigenvalue weighted by molar-refractivity contribution is -0.119. The topological polar surface area (TPSA) is 82.7 Å². The van der Waals surface area contributed by atoms with E-state index in [1.165, 1.54) is 12.1 Å². The maximum Gasteiger partial charge on any atom is 0.239 e. The van der Waals surface area contributed by atoms with E-state index in [1.54, 1.807) is 23.5 Å². The van der Waals surface area contributed by atoms with Gasteiger partial charge in [0.2, 0.25) is 5.91 Å². The molecule has 2 heterocycles. The van der Waals surface area contributed by atoms with Gasteiger partial charge in [-0.25, -0.2) is 9.37 Å². The van der Waals surface area contributed by atoms with Gasteiger partial charge in [0.05, 0.1) is 18.0 Å². The second-order valence-corrected chi connectivity index (χ2v) is 5.67. The van der Waals surface area contributed by atoms with Gasteiger partial charge in [-0.3, -0.25) is 9.89 Å². The van der Waals surface area contributed by atoms with Gasteiger partial charge in [-0.15, -0.1) is 11.3 Å². The Morgan fingerprint density at radius 2 is 2.22 bits per heavy atom. The van der Waals surface area contributed by atoms with E-state index in [0.29, 0.717) is 17.3 Å². The number of amides is 1. The van der Waals surface area contributed by atoms with E-state index >= 15 is 0 Å². The molecule has 3 rings (SSSR count). The first-order chi connectivity index (χ1) is 11.2. The monoisotopic (exact) mass is 331 g/mol. The molecule has 118 valence electrons. The molecule has 2 aromatic heterocycles. The van der Waals surface area contributed by atoms with Gasteiger partial charge < -0.3 is 10.6 Å². The zero-order valence-corrected chi connectivity index (χ0v) is 12.9. The van der Waals surface area contributed by atoms with Crippen molar-refractivity contribution in [1.82, 2.24) is 20.5 Å². The minimum Gasteiger partial charge on any atom is -0.376 e. The highest BCUT2D eigenvalue weighted by molar-refractivity contribution is 7.13. The van der Waals surface area contributed by atoms with Gasteiger partial charge in [-0.1, -0.05) is 12.1 Å². The maximum atomic E-state index is 13.0. The number of halogens is 1. The standard InChI is InChI=1S/C15H14FN5OS/c16-10-3-1-4-11(7-10)17-9-14(22)18-8-13-19-15(21-20-13)12-5-2-6-23-12/h1-7,17H,8-9H2,(H,18,22)(H,19,20,21). The van der Waals surface area contributed by atoms with Crippen molar-refractivity contribution in [3.63, 3.8) is 0 Å². The molecule has 3 aromatic rings. The minimum atomic E-state index is -0.349. The third kappa shape index (κ3) is 4.13. The Labute approximate surface area is 135 Å². The molecule has 0 aliphatic heterocycles. The maximum absolute atomic E-state index is 13.0. The van der Waals surface area contributed by atoms with E-state index in [0.717, 1.165) is 4.88 Å². The summed E-state index contributed by atoms with van der Waals surface area (Å²) in [6.07, 6.45) is 0. The van der Waals surface area contributed by atoms with Crippen LogP contribution >= 0.6 is 11.3 Å². The van der Waals surface area contributed by atoms with Gasteiger partial charge in [-0.2, -0.15) is 5.10 Å². The number of hydrogen-bond donors (Lipinski definition) is 3. The SMILES string of the molecule is O=C(CNc1cccc(F)c1)NCc1nc(-c2cccs2)n[nH]1. The molecule has 0 atom stereocenters. The van der Waals surface area contributed by atoms with Crippen molar-refractivity contribution in [2.24, 2.45) is 0 Å². The van der Waals surface area contributed by atoms with Crippen LogP contribution in [0.5, 0.6) is 0 Å². The van der Waals surface area contributed by atoms with E-state index < -0.39 is 0 Å². The first kappa shape index (κ1) is 15.2. The molecule has 1 amide bonds. The normalized spacial score (nSPS) is 10.5. The summed E-state index contributed by atoms with van der Waals surface area (Å²) in [6.45, 7) is 0.303. The van der Waals surface area contributed by atoms with Gasteiger partial charge in [0.1, 0.15) is 11.6 Å². The van der Waals surface area contributed by atoms with Gasteiger partial charge in [0.25, 0.3) is 0 Å². The first-order valence-corrected chi connectivity index (χ1v) is 7.80. The summed E-state index contributed by atoms with van der Waals surface area (Å²) in [5.74, 6) is 0.621. The second kappa shape index (κ2) is 7.01. The molecular weight excluding hydrogens is 317 g/mol. The molecule has 23 heavy (non-hydrogen) atoms. The molecule has 8 heteroatoms. The van der Waals surface area contributed by atoms with Crippen molar-refractivity contribution in [2.75, 3.05) is 11.9 Å². The van der Waals surface area contributed by atoms with E-state index in [4.69, 9.17) is 0 Å². The Kier molecular flexibility index (Phi) is 4.62. The Bertz CT molecular complexity index is 787. The highest BCUT2D eigenvalue weighted by Crippen LogP contribution is 2.20. The van der Waals surface area contributed by atoms with Crippen molar-refractivity contribution < 1.29 is 9.18 Å². The number of aromatic nitrogens is 3. The number of thiophene rings is 1. The number of H-pyrrole nitrogens is 1. The van der Waals surface area contributed by atoms with Crippen LogP contribution < -0.4 is 10.6 Å². The third-order valence-electron chi connectivity index (χ3n) is 3.00. The third-order valence-corrected chi connectivity index (χ3v) is 3.87. The van der Waals surface area contributed by atoms with Crippen molar-refractivity contribution >= 4 is 22.9 Å². The summed E-state index contributed by atoms with van der Waals surface area (Å²) in [7, 11) is 0. The largest absolute Gasteiger partial charge is 0.376 e. The Balaban J connectivity index is 1.47. The number of carbonyl (C=O) groups excluding carboxylic acids is 1. The highest BCUT2D eigenvalue weighted by atomic mass is 32.1. The number of nitrogens with zero attached hydrogens (tertiary/aromatic N) is 2. The quantitative estimate of drug-likeness (QED) is 0.648. The van der Waals surface area contributed by atoms with Crippen LogP contribution in [0, 0.1) is 5.82 Å². The van der Waals surface area contributed by atoms with Crippen LogP contribution in [0.4, 0.5) is 10.1 Å². The van der Waals surface area contributed by atoms with Crippen LogP contribution in [-0.2, 0) is 11.3 Å². The molecular formula is C15H14FN5OS. The summed E-state index contributed by atoms with van der Waals surface area (Å²) >= 11 is 1.55. The van der Waals surface area contributed by atoms with Crippen molar-refractivity contribution in [3.05, 3.63) is 53.4 Å². The molecule has 0 spiro atoms. The van der Waals surface area contributed by atoms with Crippen LogP contribution in [0.25, 0.3) is 10.7 Å².